The second-order valence-electron chi connectivity index (χ2n) is 5.39. The standard InChI is InChI=1S/C17H31NO3/c1-2-3-4-5-6-7-8-9-10-12-15-20-17(19)21-16-13-11-14-18/h2-13,15-16H2,1H3. The predicted molar refractivity (Wildman–Crippen MR) is 84.0 cm³/mol. The molecule has 21 heavy (non-hydrogen) atoms. The Hall–Kier alpha value is -1.24. The van der Waals surface area contributed by atoms with Gasteiger partial charge in [0.05, 0.1) is 19.3 Å². The molecule has 0 radical (unpaired) electrons. The largest absolute Gasteiger partial charge is 0.508 e. The Labute approximate surface area is 129 Å². The summed E-state index contributed by atoms with van der Waals surface area (Å²) in [5.74, 6) is 0. The maximum absolute atomic E-state index is 11.1. The Kier molecular flexibility index (Phi) is 15.8. The molecule has 0 bridgehead atoms. The minimum absolute atomic E-state index is 0.268. The van der Waals surface area contributed by atoms with Gasteiger partial charge < -0.3 is 9.47 Å². The first kappa shape index (κ1) is 19.8. The number of nitriles is 1. The van der Waals surface area contributed by atoms with Gasteiger partial charge in [-0.15, -0.1) is 0 Å². The average Bonchev–Trinajstić information content (AvgIpc) is 2.49. The summed E-state index contributed by atoms with van der Waals surface area (Å²) in [6.45, 7) is 2.95. The maximum Gasteiger partial charge on any atom is 0.508 e. The van der Waals surface area contributed by atoms with Gasteiger partial charge in [0.15, 0.2) is 0 Å². The number of unbranched alkanes of at least 4 members (excludes halogenated alkanes) is 10. The number of hydrogen-bond acceptors (Lipinski definition) is 4. The molecule has 0 aromatic carbocycles. The van der Waals surface area contributed by atoms with E-state index in [9.17, 15) is 4.79 Å². The molecule has 0 heterocycles. The van der Waals surface area contributed by atoms with Gasteiger partial charge in [-0.05, 0) is 12.8 Å². The molecule has 0 aromatic heterocycles. The lowest BCUT2D eigenvalue weighted by Gasteiger charge is -2.05. The molecular weight excluding hydrogens is 266 g/mol. The zero-order valence-electron chi connectivity index (χ0n) is 13.6. The van der Waals surface area contributed by atoms with E-state index in [0.29, 0.717) is 19.4 Å². The quantitative estimate of drug-likeness (QED) is 0.320. The van der Waals surface area contributed by atoms with Crippen molar-refractivity contribution in [2.75, 3.05) is 13.2 Å². The lowest BCUT2D eigenvalue weighted by molar-refractivity contribution is 0.0536. The van der Waals surface area contributed by atoms with Crippen molar-refractivity contribution in [2.24, 2.45) is 0 Å². The van der Waals surface area contributed by atoms with Gasteiger partial charge in [-0.2, -0.15) is 5.26 Å². The highest BCUT2D eigenvalue weighted by Crippen LogP contribution is 2.10. The van der Waals surface area contributed by atoms with Crippen LogP contribution < -0.4 is 0 Å². The lowest BCUT2D eigenvalue weighted by Crippen LogP contribution is -2.09. The Morgan fingerprint density at radius 3 is 1.81 bits per heavy atom. The number of rotatable bonds is 14. The molecular formula is C17H31NO3. The van der Waals surface area contributed by atoms with Crippen molar-refractivity contribution in [3.8, 4) is 6.07 Å². The van der Waals surface area contributed by atoms with Crippen LogP contribution in [0.4, 0.5) is 4.79 Å². The fourth-order valence-electron chi connectivity index (χ4n) is 2.09. The zero-order valence-corrected chi connectivity index (χ0v) is 13.6. The molecule has 0 atom stereocenters. The van der Waals surface area contributed by atoms with E-state index >= 15 is 0 Å². The van der Waals surface area contributed by atoms with Gasteiger partial charge in [0.1, 0.15) is 0 Å². The number of carbonyl (C=O) groups excluding carboxylic acids is 1. The second-order valence-corrected chi connectivity index (χ2v) is 5.39. The smallest absolute Gasteiger partial charge is 0.434 e. The number of carbonyl (C=O) groups is 1. The van der Waals surface area contributed by atoms with Gasteiger partial charge in [-0.3, -0.25) is 0 Å². The third-order valence-electron chi connectivity index (χ3n) is 3.37. The molecule has 0 amide bonds. The molecule has 122 valence electrons. The summed E-state index contributed by atoms with van der Waals surface area (Å²) in [5, 5.41) is 8.33. The summed E-state index contributed by atoms with van der Waals surface area (Å²) in [4.78, 5) is 11.1. The SMILES string of the molecule is CCCCCCCCCCCCOC(=O)OCCCC#N. The molecule has 0 fully saturated rings. The Morgan fingerprint density at radius 1 is 0.810 bits per heavy atom. The van der Waals surface area contributed by atoms with Crippen molar-refractivity contribution < 1.29 is 14.3 Å². The normalized spacial score (nSPS) is 10.1. The minimum atomic E-state index is -0.608. The van der Waals surface area contributed by atoms with Gasteiger partial charge in [-0.25, -0.2) is 4.79 Å². The van der Waals surface area contributed by atoms with Gasteiger partial charge in [0, 0.05) is 6.42 Å². The summed E-state index contributed by atoms with van der Waals surface area (Å²) in [6.07, 6.45) is 13.0. The van der Waals surface area contributed by atoms with Crippen molar-refractivity contribution in [3.05, 3.63) is 0 Å². The summed E-state index contributed by atoms with van der Waals surface area (Å²) < 4.78 is 9.77. The van der Waals surface area contributed by atoms with Crippen molar-refractivity contribution in [1.82, 2.24) is 0 Å². The summed E-state index contributed by atoms with van der Waals surface area (Å²) in [5.41, 5.74) is 0. The molecule has 0 aromatic rings. The van der Waals surface area contributed by atoms with E-state index in [4.69, 9.17) is 14.7 Å². The first-order chi connectivity index (χ1) is 10.3. The van der Waals surface area contributed by atoms with Crippen LogP contribution in [0, 0.1) is 11.3 Å². The highest BCUT2D eigenvalue weighted by atomic mass is 16.7. The van der Waals surface area contributed by atoms with Crippen LogP contribution in [0.15, 0.2) is 0 Å². The molecule has 4 nitrogen and oxygen atoms in total. The van der Waals surface area contributed by atoms with Crippen LogP contribution in [-0.2, 0) is 9.47 Å². The molecule has 0 aliphatic carbocycles. The van der Waals surface area contributed by atoms with E-state index in [0.717, 1.165) is 12.8 Å². The molecule has 0 spiro atoms. The summed E-state index contributed by atoms with van der Waals surface area (Å²) in [7, 11) is 0. The number of ether oxygens (including phenoxy) is 2. The molecule has 4 heteroatoms. The molecule has 0 aliphatic heterocycles. The fraction of sp³-hybridized carbons (Fsp3) is 0.882. The van der Waals surface area contributed by atoms with E-state index in [2.05, 4.69) is 6.92 Å². The topological polar surface area (TPSA) is 59.3 Å². The number of nitrogens with zero attached hydrogens (tertiary/aromatic N) is 1. The van der Waals surface area contributed by atoms with Crippen molar-refractivity contribution in [2.45, 2.75) is 84.0 Å². The van der Waals surface area contributed by atoms with Crippen LogP contribution in [0.25, 0.3) is 0 Å². The predicted octanol–water partition coefficient (Wildman–Crippen LogP) is 5.36. The molecule has 0 saturated heterocycles. The third-order valence-corrected chi connectivity index (χ3v) is 3.37. The average molecular weight is 297 g/mol. The molecule has 0 unspecified atom stereocenters. The van der Waals surface area contributed by atoms with Crippen LogP contribution in [-0.4, -0.2) is 19.4 Å². The number of hydrogen-bond donors (Lipinski definition) is 0. The van der Waals surface area contributed by atoms with Crippen molar-refractivity contribution >= 4 is 6.16 Å². The van der Waals surface area contributed by atoms with E-state index in [1.54, 1.807) is 0 Å². The van der Waals surface area contributed by atoms with E-state index < -0.39 is 6.16 Å². The highest BCUT2D eigenvalue weighted by Gasteiger charge is 2.02. The molecule has 0 N–H and O–H groups in total. The molecule has 0 saturated carbocycles. The zero-order chi connectivity index (χ0) is 15.6. The van der Waals surface area contributed by atoms with E-state index in [1.807, 2.05) is 6.07 Å². The summed E-state index contributed by atoms with van der Waals surface area (Å²) in [6, 6.07) is 2.00. The van der Waals surface area contributed by atoms with Gasteiger partial charge in [0.2, 0.25) is 0 Å². The van der Waals surface area contributed by atoms with Gasteiger partial charge >= 0.3 is 6.16 Å². The van der Waals surface area contributed by atoms with Crippen molar-refractivity contribution in [3.63, 3.8) is 0 Å². The monoisotopic (exact) mass is 297 g/mol. The summed E-state index contributed by atoms with van der Waals surface area (Å²) >= 11 is 0. The second kappa shape index (κ2) is 16.8. The minimum Gasteiger partial charge on any atom is -0.434 e. The van der Waals surface area contributed by atoms with Gasteiger partial charge in [-0.1, -0.05) is 64.7 Å². The van der Waals surface area contributed by atoms with Crippen LogP contribution in [0.1, 0.15) is 84.0 Å². The van der Waals surface area contributed by atoms with Crippen LogP contribution in [0.2, 0.25) is 0 Å². The lowest BCUT2D eigenvalue weighted by atomic mass is 10.1. The van der Waals surface area contributed by atoms with Crippen LogP contribution in [0.3, 0.4) is 0 Å². The fourth-order valence-corrected chi connectivity index (χ4v) is 2.09. The first-order valence-corrected chi connectivity index (χ1v) is 8.47. The van der Waals surface area contributed by atoms with Crippen LogP contribution >= 0.6 is 0 Å². The Balaban J connectivity index is 3.11. The Bertz CT molecular complexity index is 274. The third kappa shape index (κ3) is 16.7. The first-order valence-electron chi connectivity index (χ1n) is 8.47. The van der Waals surface area contributed by atoms with Gasteiger partial charge in [0.25, 0.3) is 0 Å². The highest BCUT2D eigenvalue weighted by molar-refractivity contribution is 5.59. The Morgan fingerprint density at radius 2 is 1.29 bits per heavy atom. The molecule has 0 rings (SSSR count). The van der Waals surface area contributed by atoms with E-state index in [1.165, 1.54) is 51.4 Å². The maximum atomic E-state index is 11.1. The van der Waals surface area contributed by atoms with Crippen LogP contribution in [0.5, 0.6) is 0 Å². The van der Waals surface area contributed by atoms with E-state index in [-0.39, 0.29) is 6.61 Å². The van der Waals surface area contributed by atoms with Crippen molar-refractivity contribution in [1.29, 1.82) is 5.26 Å². The molecule has 0 aliphatic rings.